The van der Waals surface area contributed by atoms with Gasteiger partial charge in [-0.05, 0) is 44.1 Å². The van der Waals surface area contributed by atoms with Crippen molar-refractivity contribution in [1.82, 2.24) is 19.6 Å². The van der Waals surface area contributed by atoms with E-state index in [-0.39, 0.29) is 30.5 Å². The van der Waals surface area contributed by atoms with E-state index >= 15 is 0 Å². The molecule has 1 aromatic heterocycles. The molecule has 3 saturated heterocycles. The van der Waals surface area contributed by atoms with Crippen LogP contribution < -0.4 is 9.62 Å². The number of amides is 1. The minimum absolute atomic E-state index is 0.0977. The van der Waals surface area contributed by atoms with Crippen LogP contribution in [0.5, 0.6) is 0 Å². The lowest BCUT2D eigenvalue weighted by atomic mass is 9.72. The highest BCUT2D eigenvalue weighted by atomic mass is 32.2. The molecule has 2 bridgehead atoms. The third kappa shape index (κ3) is 3.80. The monoisotopic (exact) mass is 393 g/mol. The van der Waals surface area contributed by atoms with Crippen molar-refractivity contribution in [3.05, 3.63) is 18.1 Å². The first-order valence-electron chi connectivity index (χ1n) is 9.62. The Balaban J connectivity index is 1.62. The summed E-state index contributed by atoms with van der Waals surface area (Å²) in [6.07, 6.45) is 6.46. The number of carbonyl (C=O) groups is 1. The Hall–Kier alpha value is -1.74. The molecule has 0 aliphatic carbocycles. The number of fused-ring (bicyclic) bond motifs is 4. The van der Waals surface area contributed by atoms with Gasteiger partial charge in [0.2, 0.25) is 15.9 Å². The van der Waals surface area contributed by atoms with Crippen molar-refractivity contribution < 1.29 is 13.2 Å². The SMILES string of the molecule is Cc1nccc(N2C[C@@H]3C[C@@H](C2)[C@H](CNS(C)(=O)=O)N2C(=O)CCC[C@@H]32)n1. The van der Waals surface area contributed by atoms with Gasteiger partial charge in [0.05, 0.1) is 12.3 Å². The maximum absolute atomic E-state index is 12.7. The zero-order chi connectivity index (χ0) is 19.2. The maximum atomic E-state index is 12.7. The lowest BCUT2D eigenvalue weighted by Gasteiger charge is -2.56. The van der Waals surface area contributed by atoms with Gasteiger partial charge in [-0.15, -0.1) is 0 Å². The van der Waals surface area contributed by atoms with E-state index in [4.69, 9.17) is 0 Å². The molecular weight excluding hydrogens is 366 g/mol. The quantitative estimate of drug-likeness (QED) is 0.802. The van der Waals surface area contributed by atoms with Gasteiger partial charge >= 0.3 is 0 Å². The van der Waals surface area contributed by atoms with E-state index in [2.05, 4.69) is 19.6 Å². The molecular formula is C18H27N5O3S. The normalized spacial score (nSPS) is 31.0. The Kier molecular flexibility index (Phi) is 4.84. The van der Waals surface area contributed by atoms with Crippen molar-refractivity contribution in [3.8, 4) is 0 Å². The van der Waals surface area contributed by atoms with Crippen LogP contribution in [0.3, 0.4) is 0 Å². The number of carbonyl (C=O) groups excluding carboxylic acids is 1. The van der Waals surface area contributed by atoms with Gasteiger partial charge in [0.25, 0.3) is 0 Å². The molecule has 4 heterocycles. The first-order chi connectivity index (χ1) is 12.8. The van der Waals surface area contributed by atoms with Crippen LogP contribution in [0.2, 0.25) is 0 Å². The second-order valence-electron chi connectivity index (χ2n) is 8.07. The topological polar surface area (TPSA) is 95.5 Å². The second-order valence-corrected chi connectivity index (χ2v) is 9.90. The molecule has 8 nitrogen and oxygen atoms in total. The average Bonchev–Trinajstić information content (AvgIpc) is 2.61. The Morgan fingerprint density at radius 2 is 2.07 bits per heavy atom. The Morgan fingerprint density at radius 1 is 1.30 bits per heavy atom. The smallest absolute Gasteiger partial charge is 0.223 e. The molecule has 0 spiro atoms. The van der Waals surface area contributed by atoms with E-state index in [9.17, 15) is 13.2 Å². The van der Waals surface area contributed by atoms with E-state index in [1.165, 1.54) is 6.26 Å². The van der Waals surface area contributed by atoms with E-state index in [0.29, 0.717) is 12.3 Å². The van der Waals surface area contributed by atoms with Gasteiger partial charge in [0, 0.05) is 38.3 Å². The summed E-state index contributed by atoms with van der Waals surface area (Å²) in [5.74, 6) is 2.47. The largest absolute Gasteiger partial charge is 0.356 e. The number of rotatable bonds is 4. The molecule has 3 aliphatic heterocycles. The Labute approximate surface area is 160 Å². The lowest BCUT2D eigenvalue weighted by Crippen LogP contribution is -2.67. The molecule has 4 rings (SSSR count). The number of piperidine rings is 3. The summed E-state index contributed by atoms with van der Waals surface area (Å²) in [5.41, 5.74) is 0. The number of nitrogens with one attached hydrogen (secondary N) is 1. The zero-order valence-electron chi connectivity index (χ0n) is 15.8. The summed E-state index contributed by atoms with van der Waals surface area (Å²) in [6.45, 7) is 3.83. The lowest BCUT2D eigenvalue weighted by molar-refractivity contribution is -0.148. The van der Waals surface area contributed by atoms with Crippen molar-refractivity contribution >= 4 is 21.7 Å². The summed E-state index contributed by atoms with van der Waals surface area (Å²) >= 11 is 0. The highest BCUT2D eigenvalue weighted by Crippen LogP contribution is 2.42. The summed E-state index contributed by atoms with van der Waals surface area (Å²) in [7, 11) is -3.30. The van der Waals surface area contributed by atoms with Gasteiger partial charge in [-0.3, -0.25) is 4.79 Å². The molecule has 0 unspecified atom stereocenters. The highest BCUT2D eigenvalue weighted by molar-refractivity contribution is 7.88. The second kappa shape index (κ2) is 7.01. The number of aryl methyl sites for hydroxylation is 1. The van der Waals surface area contributed by atoms with Crippen LogP contribution in [0.25, 0.3) is 0 Å². The number of aromatic nitrogens is 2. The molecule has 9 heteroatoms. The van der Waals surface area contributed by atoms with Crippen molar-refractivity contribution in [2.45, 2.75) is 44.7 Å². The van der Waals surface area contributed by atoms with Gasteiger partial charge in [-0.1, -0.05) is 0 Å². The third-order valence-electron chi connectivity index (χ3n) is 6.14. The van der Waals surface area contributed by atoms with Gasteiger partial charge in [0.1, 0.15) is 11.6 Å². The molecule has 1 amide bonds. The zero-order valence-corrected chi connectivity index (χ0v) is 16.7. The average molecular weight is 394 g/mol. The summed E-state index contributed by atoms with van der Waals surface area (Å²) in [4.78, 5) is 25.8. The summed E-state index contributed by atoms with van der Waals surface area (Å²) in [5, 5.41) is 0. The number of anilines is 1. The summed E-state index contributed by atoms with van der Waals surface area (Å²) in [6, 6.07) is 2.03. The van der Waals surface area contributed by atoms with Gasteiger partial charge in [-0.2, -0.15) is 0 Å². The van der Waals surface area contributed by atoms with Crippen LogP contribution in [0, 0.1) is 18.8 Å². The fourth-order valence-corrected chi connectivity index (χ4v) is 5.55. The third-order valence-corrected chi connectivity index (χ3v) is 6.83. The predicted molar refractivity (Wildman–Crippen MR) is 102 cm³/mol. The fourth-order valence-electron chi connectivity index (χ4n) is 5.08. The van der Waals surface area contributed by atoms with Crippen molar-refractivity contribution in [2.24, 2.45) is 11.8 Å². The molecule has 0 radical (unpaired) electrons. The number of hydrogen-bond donors (Lipinski definition) is 1. The molecule has 1 N–H and O–H groups in total. The predicted octanol–water partition coefficient (Wildman–Crippen LogP) is 0.540. The first-order valence-corrected chi connectivity index (χ1v) is 11.5. The van der Waals surface area contributed by atoms with Crippen molar-refractivity contribution in [1.29, 1.82) is 0 Å². The first kappa shape index (κ1) is 18.6. The molecule has 3 fully saturated rings. The van der Waals surface area contributed by atoms with Crippen molar-refractivity contribution in [3.63, 3.8) is 0 Å². The highest BCUT2D eigenvalue weighted by Gasteiger charge is 2.49. The van der Waals surface area contributed by atoms with Crippen LogP contribution in [0.15, 0.2) is 12.3 Å². The standard InChI is InChI=1S/C18H27N5O3S/c1-12-19-7-6-17(21-12)22-10-13-8-14(11-22)16(9-20-27(2,25)26)23-15(13)4-3-5-18(23)24/h6-7,13-16,20H,3-5,8-11H2,1-2H3/t13-,14-,15-,16-/m0/s1. The fraction of sp³-hybridized carbons (Fsp3) is 0.722. The van der Waals surface area contributed by atoms with Crippen LogP contribution in [-0.2, 0) is 14.8 Å². The molecule has 3 aliphatic rings. The molecule has 4 atom stereocenters. The molecule has 1 aromatic rings. The van der Waals surface area contributed by atoms with E-state index in [1.54, 1.807) is 6.20 Å². The van der Waals surface area contributed by atoms with Crippen LogP contribution in [0.1, 0.15) is 31.5 Å². The minimum atomic E-state index is -3.30. The summed E-state index contributed by atoms with van der Waals surface area (Å²) < 4.78 is 26.0. The van der Waals surface area contributed by atoms with Gasteiger partial charge in [-0.25, -0.2) is 23.1 Å². The van der Waals surface area contributed by atoms with Crippen LogP contribution in [-0.4, -0.2) is 67.2 Å². The molecule has 27 heavy (non-hydrogen) atoms. The van der Waals surface area contributed by atoms with Crippen molar-refractivity contribution in [2.75, 3.05) is 30.8 Å². The van der Waals surface area contributed by atoms with Gasteiger partial charge in [0.15, 0.2) is 0 Å². The van der Waals surface area contributed by atoms with E-state index in [0.717, 1.165) is 44.0 Å². The number of hydrogen-bond acceptors (Lipinski definition) is 6. The molecule has 0 saturated carbocycles. The number of sulfonamides is 1. The van der Waals surface area contributed by atoms with Crippen LogP contribution >= 0.6 is 0 Å². The Morgan fingerprint density at radius 3 is 2.81 bits per heavy atom. The van der Waals surface area contributed by atoms with E-state index < -0.39 is 10.0 Å². The maximum Gasteiger partial charge on any atom is 0.223 e. The Bertz CT molecular complexity index is 830. The molecule has 148 valence electrons. The van der Waals surface area contributed by atoms with E-state index in [1.807, 2.05) is 17.9 Å². The van der Waals surface area contributed by atoms with Gasteiger partial charge < -0.3 is 9.80 Å². The number of nitrogens with zero attached hydrogens (tertiary/aromatic N) is 4. The molecule has 0 aromatic carbocycles. The van der Waals surface area contributed by atoms with Crippen LogP contribution in [0.4, 0.5) is 5.82 Å². The minimum Gasteiger partial charge on any atom is -0.356 e.